The lowest BCUT2D eigenvalue weighted by Gasteiger charge is -2.37. The number of piperidine rings is 1. The van der Waals surface area contributed by atoms with E-state index >= 15 is 0 Å². The Labute approximate surface area is 164 Å². The number of fused-ring (bicyclic) bond motifs is 1. The highest BCUT2D eigenvalue weighted by atomic mass is 16.1. The normalized spacial score (nSPS) is 23.7. The third-order valence-electron chi connectivity index (χ3n) is 6.00. The minimum absolute atomic E-state index is 0.0246. The zero-order valence-electron chi connectivity index (χ0n) is 17.9. The molecule has 1 saturated heterocycles. The van der Waals surface area contributed by atoms with Crippen molar-refractivity contribution in [2.24, 2.45) is 11.3 Å². The maximum atomic E-state index is 12.7. The van der Waals surface area contributed by atoms with Gasteiger partial charge < -0.3 is 10.2 Å². The van der Waals surface area contributed by atoms with Gasteiger partial charge in [-0.1, -0.05) is 34.6 Å². The molecule has 1 aromatic heterocycles. The molecule has 0 spiro atoms. The zero-order valence-corrected chi connectivity index (χ0v) is 17.9. The van der Waals surface area contributed by atoms with Crippen molar-refractivity contribution in [3.05, 3.63) is 23.3 Å². The predicted octanol–water partition coefficient (Wildman–Crippen LogP) is 3.64. The molecule has 1 aliphatic carbocycles. The minimum Gasteiger partial charge on any atom is -0.349 e. The summed E-state index contributed by atoms with van der Waals surface area (Å²) in [5.74, 6) is 1.57. The molecule has 0 aromatic carbocycles. The first-order chi connectivity index (χ1) is 12.5. The molecule has 2 aliphatic rings. The number of nitrogens with zero attached hydrogens (tertiary/aromatic N) is 3. The second kappa shape index (κ2) is 7.50. The summed E-state index contributed by atoms with van der Waals surface area (Å²) in [7, 11) is 2.16. The molecule has 0 unspecified atom stereocenters. The van der Waals surface area contributed by atoms with Crippen molar-refractivity contribution in [2.75, 3.05) is 20.1 Å². The summed E-state index contributed by atoms with van der Waals surface area (Å²) in [5, 5.41) is 3.31. The first-order valence-electron chi connectivity index (χ1n) is 10.4. The Morgan fingerprint density at radius 2 is 1.96 bits per heavy atom. The van der Waals surface area contributed by atoms with Gasteiger partial charge in [-0.05, 0) is 57.2 Å². The van der Waals surface area contributed by atoms with Crippen LogP contribution in [0, 0.1) is 11.3 Å². The molecule has 150 valence electrons. The van der Waals surface area contributed by atoms with Gasteiger partial charge >= 0.3 is 0 Å². The second-order valence-corrected chi connectivity index (χ2v) is 10.5. The minimum atomic E-state index is -0.0660. The number of rotatable bonds is 3. The van der Waals surface area contributed by atoms with Gasteiger partial charge in [0.25, 0.3) is 0 Å². The number of likely N-dealkylation sites (tertiary alicyclic amines) is 1. The van der Waals surface area contributed by atoms with E-state index in [1.165, 1.54) is 0 Å². The number of amides is 1. The van der Waals surface area contributed by atoms with Crippen molar-refractivity contribution in [3.8, 4) is 0 Å². The summed E-state index contributed by atoms with van der Waals surface area (Å²) in [6.07, 6.45) is 6.72. The van der Waals surface area contributed by atoms with Gasteiger partial charge in [0, 0.05) is 29.3 Å². The second-order valence-electron chi connectivity index (χ2n) is 10.5. The van der Waals surface area contributed by atoms with Crippen molar-refractivity contribution in [1.29, 1.82) is 0 Å². The maximum absolute atomic E-state index is 12.7. The van der Waals surface area contributed by atoms with E-state index in [9.17, 15) is 4.79 Å². The SMILES string of the molecule is CN1CCC(CC(=O)N[C@@H]2CC(C)(C)Cc3nc(C(C)(C)C)ncc32)CC1. The van der Waals surface area contributed by atoms with E-state index in [1.54, 1.807) is 0 Å². The molecule has 1 amide bonds. The van der Waals surface area contributed by atoms with E-state index in [0.717, 1.165) is 55.9 Å². The summed E-state index contributed by atoms with van der Waals surface area (Å²) >= 11 is 0. The first kappa shape index (κ1) is 20.2. The van der Waals surface area contributed by atoms with Crippen LogP contribution in [0.5, 0.6) is 0 Å². The van der Waals surface area contributed by atoms with Gasteiger partial charge in [0.15, 0.2) is 0 Å². The summed E-state index contributed by atoms with van der Waals surface area (Å²) in [6, 6.07) is 0.0246. The average molecular weight is 373 g/mol. The topological polar surface area (TPSA) is 58.1 Å². The van der Waals surface area contributed by atoms with E-state index in [0.29, 0.717) is 12.3 Å². The van der Waals surface area contributed by atoms with E-state index in [4.69, 9.17) is 4.98 Å². The molecule has 5 nitrogen and oxygen atoms in total. The molecule has 1 N–H and O–H groups in total. The predicted molar refractivity (Wildman–Crippen MR) is 109 cm³/mol. The Balaban J connectivity index is 1.73. The number of nitrogens with one attached hydrogen (secondary N) is 1. The molecule has 3 rings (SSSR count). The van der Waals surface area contributed by atoms with Crippen molar-refractivity contribution in [2.45, 2.75) is 78.2 Å². The van der Waals surface area contributed by atoms with Gasteiger partial charge in [-0.2, -0.15) is 0 Å². The Kier molecular flexibility index (Phi) is 5.62. The highest BCUT2D eigenvalue weighted by Crippen LogP contribution is 2.40. The quantitative estimate of drug-likeness (QED) is 0.880. The van der Waals surface area contributed by atoms with Gasteiger partial charge in [0.2, 0.25) is 5.91 Å². The highest BCUT2D eigenvalue weighted by molar-refractivity contribution is 5.76. The van der Waals surface area contributed by atoms with Crippen LogP contribution < -0.4 is 5.32 Å². The van der Waals surface area contributed by atoms with Gasteiger partial charge in [-0.15, -0.1) is 0 Å². The number of aromatic nitrogens is 2. The zero-order chi connectivity index (χ0) is 19.8. The van der Waals surface area contributed by atoms with Crippen molar-refractivity contribution in [1.82, 2.24) is 20.2 Å². The molecule has 27 heavy (non-hydrogen) atoms. The monoisotopic (exact) mass is 372 g/mol. The number of carbonyl (C=O) groups is 1. The third kappa shape index (κ3) is 5.07. The van der Waals surface area contributed by atoms with Gasteiger partial charge in [-0.25, -0.2) is 9.97 Å². The lowest BCUT2D eigenvalue weighted by atomic mass is 9.74. The van der Waals surface area contributed by atoms with Crippen LogP contribution >= 0.6 is 0 Å². The first-order valence-corrected chi connectivity index (χ1v) is 10.4. The van der Waals surface area contributed by atoms with Crippen LogP contribution in [0.25, 0.3) is 0 Å². The lowest BCUT2D eigenvalue weighted by Crippen LogP contribution is -2.39. The van der Waals surface area contributed by atoms with Crippen LogP contribution in [0.3, 0.4) is 0 Å². The Hall–Kier alpha value is -1.49. The molecule has 1 atom stereocenters. The molecule has 1 aromatic rings. The average Bonchev–Trinajstić information content (AvgIpc) is 2.54. The Morgan fingerprint density at radius 3 is 2.59 bits per heavy atom. The van der Waals surface area contributed by atoms with E-state index in [-0.39, 0.29) is 22.8 Å². The molecule has 0 bridgehead atoms. The third-order valence-corrected chi connectivity index (χ3v) is 6.00. The van der Waals surface area contributed by atoms with Crippen molar-refractivity contribution in [3.63, 3.8) is 0 Å². The molecule has 5 heteroatoms. The van der Waals surface area contributed by atoms with Crippen molar-refractivity contribution >= 4 is 5.91 Å². The summed E-state index contributed by atoms with van der Waals surface area (Å²) in [5.41, 5.74) is 2.28. The van der Waals surface area contributed by atoms with E-state index < -0.39 is 0 Å². The van der Waals surface area contributed by atoms with E-state index in [2.05, 4.69) is 56.9 Å². The number of carbonyl (C=O) groups excluding carboxylic acids is 1. The van der Waals surface area contributed by atoms with Gasteiger partial charge in [0.1, 0.15) is 5.82 Å². The lowest BCUT2D eigenvalue weighted by molar-refractivity contribution is -0.123. The molecular formula is C22H36N4O. The fourth-order valence-electron chi connectivity index (χ4n) is 4.32. The molecule has 0 radical (unpaired) electrons. The fraction of sp³-hybridized carbons (Fsp3) is 0.773. The summed E-state index contributed by atoms with van der Waals surface area (Å²) in [6.45, 7) is 13.2. The molecular weight excluding hydrogens is 336 g/mol. The van der Waals surface area contributed by atoms with Crippen LogP contribution in [0.1, 0.15) is 83.4 Å². The Bertz CT molecular complexity index is 684. The van der Waals surface area contributed by atoms with Crippen LogP contribution in [-0.4, -0.2) is 40.9 Å². The highest BCUT2D eigenvalue weighted by Gasteiger charge is 2.35. The largest absolute Gasteiger partial charge is 0.349 e. The smallest absolute Gasteiger partial charge is 0.220 e. The van der Waals surface area contributed by atoms with Gasteiger partial charge in [-0.3, -0.25) is 4.79 Å². The molecule has 2 heterocycles. The van der Waals surface area contributed by atoms with Crippen LogP contribution in [0.4, 0.5) is 0 Å². The van der Waals surface area contributed by atoms with Gasteiger partial charge in [0.05, 0.1) is 6.04 Å². The van der Waals surface area contributed by atoms with Crippen LogP contribution in [0.15, 0.2) is 6.20 Å². The Morgan fingerprint density at radius 1 is 1.30 bits per heavy atom. The van der Waals surface area contributed by atoms with E-state index in [1.807, 2.05) is 6.20 Å². The molecule has 0 saturated carbocycles. The van der Waals surface area contributed by atoms with Crippen molar-refractivity contribution < 1.29 is 4.79 Å². The standard InChI is InChI=1S/C22H36N4O/c1-21(2,3)20-23-14-16-17(12-22(4,5)13-18(16)25-20)24-19(27)11-15-7-9-26(6)10-8-15/h14-15,17H,7-13H2,1-6H3,(H,24,27)/t17-/m1/s1. The van der Waals surface area contributed by atoms with Crippen LogP contribution in [0.2, 0.25) is 0 Å². The van der Waals surface area contributed by atoms with Crippen LogP contribution in [-0.2, 0) is 16.6 Å². The fourth-order valence-corrected chi connectivity index (χ4v) is 4.32. The summed E-state index contributed by atoms with van der Waals surface area (Å²) < 4.78 is 0. The molecule has 1 aliphatic heterocycles. The number of hydrogen-bond donors (Lipinski definition) is 1. The summed E-state index contributed by atoms with van der Waals surface area (Å²) in [4.78, 5) is 24.6. The molecule has 1 fully saturated rings. The number of hydrogen-bond acceptors (Lipinski definition) is 4. The maximum Gasteiger partial charge on any atom is 0.220 e.